The van der Waals surface area contributed by atoms with E-state index >= 15 is 0 Å². The van der Waals surface area contributed by atoms with Crippen molar-refractivity contribution in [2.24, 2.45) is 11.8 Å². The number of fused-ring (bicyclic) bond motifs is 1. The Morgan fingerprint density at radius 3 is 1.75 bits per heavy atom. The number of hydrogen-bond donors (Lipinski definition) is 0. The first-order valence-electron chi connectivity index (χ1n) is 6.68. The first kappa shape index (κ1) is 15.8. The fraction of sp³-hybridized carbons (Fsp3) is 1.00. The second-order valence-corrected chi connectivity index (χ2v) is 4.35. The Balaban J connectivity index is 0.000000394. The number of hydrogen-bond acceptors (Lipinski definition) is 1. The summed E-state index contributed by atoms with van der Waals surface area (Å²) in [5, 5.41) is 0. The number of nitrogens with zero attached hydrogens (tertiary/aromatic N) is 1. The molecule has 2 aliphatic rings. The van der Waals surface area contributed by atoms with Crippen LogP contribution in [0.5, 0.6) is 0 Å². The number of piperidine rings is 1. The van der Waals surface area contributed by atoms with Crippen LogP contribution in [0.1, 0.15) is 47.5 Å². The van der Waals surface area contributed by atoms with Crippen LogP contribution in [0.3, 0.4) is 0 Å². The molecule has 0 spiro atoms. The molecule has 0 aromatic heterocycles. The molecular formula is C13H27F2N. The standard InChI is InChI=1S/C8H13F2N.C3H8.C2H6/c1-2-3-11-4-6-7(5-11)8(6,9)10;1-3-2;1-2/h6-7H,2-5H2,1H3;3H2,1-2H3;1-2H3. The highest BCUT2D eigenvalue weighted by Gasteiger charge is 2.71. The van der Waals surface area contributed by atoms with Gasteiger partial charge in [-0.25, -0.2) is 8.78 Å². The molecule has 1 aliphatic heterocycles. The quantitative estimate of drug-likeness (QED) is 0.698. The van der Waals surface area contributed by atoms with Crippen molar-refractivity contribution in [3.8, 4) is 0 Å². The van der Waals surface area contributed by atoms with Crippen LogP contribution in [0, 0.1) is 11.8 Å². The predicted molar refractivity (Wildman–Crippen MR) is 66.0 cm³/mol. The molecule has 2 rings (SSSR count). The molecule has 16 heavy (non-hydrogen) atoms. The van der Waals surface area contributed by atoms with E-state index in [9.17, 15) is 8.78 Å². The highest BCUT2D eigenvalue weighted by atomic mass is 19.3. The summed E-state index contributed by atoms with van der Waals surface area (Å²) in [6.07, 6.45) is 2.32. The summed E-state index contributed by atoms with van der Waals surface area (Å²) < 4.78 is 25.3. The van der Waals surface area contributed by atoms with Crippen molar-refractivity contribution in [1.29, 1.82) is 0 Å². The Morgan fingerprint density at radius 1 is 1.06 bits per heavy atom. The van der Waals surface area contributed by atoms with E-state index < -0.39 is 5.92 Å². The van der Waals surface area contributed by atoms with Gasteiger partial charge in [0, 0.05) is 24.9 Å². The van der Waals surface area contributed by atoms with Gasteiger partial charge >= 0.3 is 0 Å². The Morgan fingerprint density at radius 2 is 1.44 bits per heavy atom. The molecule has 0 aromatic carbocycles. The first-order valence-corrected chi connectivity index (χ1v) is 6.68. The molecule has 0 aromatic rings. The minimum atomic E-state index is -2.30. The number of likely N-dealkylation sites (tertiary alicyclic amines) is 1. The van der Waals surface area contributed by atoms with Gasteiger partial charge in [0.05, 0.1) is 0 Å². The number of alkyl halides is 2. The second-order valence-electron chi connectivity index (χ2n) is 4.35. The lowest BCUT2D eigenvalue weighted by Gasteiger charge is -2.17. The van der Waals surface area contributed by atoms with E-state index in [4.69, 9.17) is 0 Å². The minimum absolute atomic E-state index is 0.297. The smallest absolute Gasteiger partial charge is 0.257 e. The summed E-state index contributed by atoms with van der Waals surface area (Å²) in [4.78, 5) is 2.15. The summed E-state index contributed by atoms with van der Waals surface area (Å²) in [5.41, 5.74) is 0. The van der Waals surface area contributed by atoms with Gasteiger partial charge in [-0.15, -0.1) is 0 Å². The molecule has 0 amide bonds. The Bertz CT molecular complexity index is 169. The summed E-state index contributed by atoms with van der Waals surface area (Å²) in [7, 11) is 0. The fourth-order valence-corrected chi connectivity index (χ4v) is 2.09. The van der Waals surface area contributed by atoms with E-state index in [1.165, 1.54) is 6.42 Å². The maximum atomic E-state index is 12.6. The summed E-state index contributed by atoms with van der Waals surface area (Å²) in [6.45, 7) is 12.6. The number of rotatable bonds is 2. The molecule has 2 unspecified atom stereocenters. The van der Waals surface area contributed by atoms with E-state index in [1.807, 2.05) is 13.8 Å². The normalized spacial score (nSPS) is 29.4. The molecule has 1 saturated carbocycles. The van der Waals surface area contributed by atoms with E-state index in [2.05, 4.69) is 25.7 Å². The molecule has 0 bridgehead atoms. The van der Waals surface area contributed by atoms with E-state index in [-0.39, 0.29) is 11.8 Å². The zero-order valence-corrected chi connectivity index (χ0v) is 11.4. The number of halogens is 2. The lowest BCUT2D eigenvalue weighted by atomic mass is 10.3. The lowest BCUT2D eigenvalue weighted by molar-refractivity contribution is 0.0535. The van der Waals surface area contributed by atoms with Crippen LogP contribution in [0.15, 0.2) is 0 Å². The third kappa shape index (κ3) is 3.69. The molecule has 1 aliphatic carbocycles. The van der Waals surface area contributed by atoms with Gasteiger partial charge in [-0.1, -0.05) is 41.0 Å². The Kier molecular flexibility index (Phi) is 7.12. The largest absolute Gasteiger partial charge is 0.302 e. The average Bonchev–Trinajstić information content (AvgIpc) is 2.66. The van der Waals surface area contributed by atoms with Gasteiger partial charge in [-0.2, -0.15) is 0 Å². The molecule has 3 heteroatoms. The van der Waals surface area contributed by atoms with Crippen LogP contribution < -0.4 is 0 Å². The van der Waals surface area contributed by atoms with Gasteiger partial charge in [0.1, 0.15) is 0 Å². The van der Waals surface area contributed by atoms with Crippen LogP contribution in [0.2, 0.25) is 0 Å². The second kappa shape index (κ2) is 7.21. The first-order chi connectivity index (χ1) is 7.57. The van der Waals surface area contributed by atoms with Gasteiger partial charge < -0.3 is 4.90 Å². The van der Waals surface area contributed by atoms with Crippen molar-refractivity contribution >= 4 is 0 Å². The maximum absolute atomic E-state index is 12.6. The SMILES string of the molecule is CC.CCC.CCCN1CC2C(C1)C2(F)F. The van der Waals surface area contributed by atoms with Crippen molar-refractivity contribution in [1.82, 2.24) is 4.90 Å². The van der Waals surface area contributed by atoms with Crippen LogP contribution in [0.4, 0.5) is 8.78 Å². The van der Waals surface area contributed by atoms with Crippen molar-refractivity contribution in [3.05, 3.63) is 0 Å². The average molecular weight is 235 g/mol. The Hall–Kier alpha value is -0.180. The maximum Gasteiger partial charge on any atom is 0.257 e. The summed E-state index contributed by atoms with van der Waals surface area (Å²) in [5.74, 6) is -2.90. The highest BCUT2D eigenvalue weighted by molar-refractivity contribution is 5.11. The van der Waals surface area contributed by atoms with Gasteiger partial charge in [-0.05, 0) is 13.0 Å². The fourth-order valence-electron chi connectivity index (χ4n) is 2.09. The predicted octanol–water partition coefficient (Wildman–Crippen LogP) is 4.04. The molecular weight excluding hydrogens is 208 g/mol. The van der Waals surface area contributed by atoms with Gasteiger partial charge in [-0.3, -0.25) is 0 Å². The molecule has 98 valence electrons. The summed E-state index contributed by atoms with van der Waals surface area (Å²) >= 11 is 0. The molecule has 0 N–H and O–H groups in total. The van der Waals surface area contributed by atoms with Gasteiger partial charge in [0.2, 0.25) is 0 Å². The molecule has 1 heterocycles. The van der Waals surface area contributed by atoms with Crippen LogP contribution in [0.25, 0.3) is 0 Å². The van der Waals surface area contributed by atoms with E-state index in [0.29, 0.717) is 13.1 Å². The zero-order chi connectivity index (χ0) is 12.8. The Labute approximate surface area is 99.2 Å². The van der Waals surface area contributed by atoms with Crippen molar-refractivity contribution in [2.45, 2.75) is 53.4 Å². The topological polar surface area (TPSA) is 3.24 Å². The monoisotopic (exact) mass is 235 g/mol. The summed E-state index contributed by atoms with van der Waals surface area (Å²) in [6, 6.07) is 0. The van der Waals surface area contributed by atoms with Crippen molar-refractivity contribution in [3.63, 3.8) is 0 Å². The third-order valence-corrected chi connectivity index (χ3v) is 2.81. The highest BCUT2D eigenvalue weighted by Crippen LogP contribution is 2.59. The van der Waals surface area contributed by atoms with Crippen LogP contribution >= 0.6 is 0 Å². The molecule has 1 nitrogen and oxygen atoms in total. The molecule has 2 atom stereocenters. The molecule has 2 fully saturated rings. The zero-order valence-electron chi connectivity index (χ0n) is 11.4. The molecule has 0 radical (unpaired) electrons. The van der Waals surface area contributed by atoms with Crippen molar-refractivity contribution in [2.75, 3.05) is 19.6 Å². The lowest BCUT2D eigenvalue weighted by Crippen LogP contribution is -2.28. The van der Waals surface area contributed by atoms with E-state index in [0.717, 1.165) is 13.0 Å². The van der Waals surface area contributed by atoms with Crippen LogP contribution in [-0.2, 0) is 0 Å². The third-order valence-electron chi connectivity index (χ3n) is 2.81. The van der Waals surface area contributed by atoms with Gasteiger partial charge in [0.25, 0.3) is 5.92 Å². The van der Waals surface area contributed by atoms with Crippen LogP contribution in [-0.4, -0.2) is 30.5 Å². The molecule has 1 saturated heterocycles. The van der Waals surface area contributed by atoms with Gasteiger partial charge in [0.15, 0.2) is 0 Å². The minimum Gasteiger partial charge on any atom is -0.302 e. The van der Waals surface area contributed by atoms with Crippen molar-refractivity contribution < 1.29 is 8.78 Å². The van der Waals surface area contributed by atoms with E-state index in [1.54, 1.807) is 0 Å².